The van der Waals surface area contributed by atoms with E-state index >= 15 is 0 Å². The first kappa shape index (κ1) is 25.8. The number of carbonyl (C=O) groups is 1. The number of ether oxygens (including phenoxy) is 1. The molecule has 0 aliphatic carbocycles. The Morgan fingerprint density at radius 2 is 1.13 bits per heavy atom. The first-order valence-corrected chi connectivity index (χ1v) is 7.44. The van der Waals surface area contributed by atoms with Crippen LogP contribution in [0, 0.1) is 0 Å². The number of rotatable bonds is 8. The fraction of sp³-hybridized carbons (Fsp3) is 0.533. The van der Waals surface area contributed by atoms with Crippen LogP contribution in [0.2, 0.25) is 0 Å². The van der Waals surface area contributed by atoms with E-state index < -0.39 is 60.3 Å². The molecule has 0 atom stereocenters. The highest BCUT2D eigenvalue weighted by molar-refractivity contribution is 5.89. The lowest BCUT2D eigenvalue weighted by Crippen LogP contribution is -2.68. The van der Waals surface area contributed by atoms with Crippen molar-refractivity contribution in [3.8, 4) is 0 Å². The van der Waals surface area contributed by atoms with Gasteiger partial charge in [0.25, 0.3) is 0 Å². The zero-order valence-electron chi connectivity index (χ0n) is 14.0. The summed E-state index contributed by atoms with van der Waals surface area (Å²) in [5, 5.41) is 0. The lowest BCUT2D eigenvalue weighted by molar-refractivity contribution is -0.436. The maximum absolute atomic E-state index is 13.5. The van der Waals surface area contributed by atoms with Gasteiger partial charge >= 0.3 is 41.9 Å². The highest BCUT2D eigenvalue weighted by atomic mass is 19.4. The molecule has 0 radical (unpaired) electrons. The van der Waals surface area contributed by atoms with Crippen LogP contribution in [0.1, 0.15) is 23.2 Å². The smallest absolute Gasteiger partial charge is 0.392 e. The van der Waals surface area contributed by atoms with Gasteiger partial charge in [-0.25, -0.2) is 4.79 Å². The molecule has 0 amide bonds. The van der Waals surface area contributed by atoms with Gasteiger partial charge in [0.05, 0.1) is 5.56 Å². The maximum atomic E-state index is 13.5. The van der Waals surface area contributed by atoms with Crippen molar-refractivity contribution in [2.75, 3.05) is 0 Å². The van der Waals surface area contributed by atoms with E-state index in [1.54, 1.807) is 0 Å². The molecule has 0 aliphatic heterocycles. The Bertz CT molecular complexity index is 741. The van der Waals surface area contributed by atoms with E-state index in [0.29, 0.717) is 12.1 Å². The normalized spacial score (nSPS) is 14.6. The van der Waals surface area contributed by atoms with Gasteiger partial charge in [0.1, 0.15) is 0 Å². The number of alkyl halides is 13. The number of hydrogen-bond donors (Lipinski definition) is 0. The molecule has 0 aromatic heterocycles. The molecule has 172 valence electrons. The van der Waals surface area contributed by atoms with Gasteiger partial charge in [-0.2, -0.15) is 57.1 Å². The molecule has 30 heavy (non-hydrogen) atoms. The Hall–Kier alpha value is -2.22. The van der Waals surface area contributed by atoms with E-state index in [9.17, 15) is 61.9 Å². The van der Waals surface area contributed by atoms with Crippen molar-refractivity contribution in [1.29, 1.82) is 0 Å². The molecule has 0 spiro atoms. The van der Waals surface area contributed by atoms with Crippen LogP contribution in [0.15, 0.2) is 30.3 Å². The van der Waals surface area contributed by atoms with Gasteiger partial charge in [-0.15, -0.1) is 0 Å². The van der Waals surface area contributed by atoms with Crippen LogP contribution in [0.3, 0.4) is 0 Å². The molecule has 1 aromatic carbocycles. The van der Waals surface area contributed by atoms with Crippen LogP contribution < -0.4 is 0 Å². The summed E-state index contributed by atoms with van der Waals surface area (Å²) in [5.74, 6) is -31.4. The summed E-state index contributed by atoms with van der Waals surface area (Å²) in [6.45, 7) is 0. The molecule has 15 heteroatoms. The number of esters is 1. The predicted octanol–water partition coefficient (Wildman–Crippen LogP) is 6.32. The number of halogens is 13. The van der Waals surface area contributed by atoms with Crippen molar-refractivity contribution in [2.24, 2.45) is 0 Å². The Balaban J connectivity index is 3.23. The third-order valence-corrected chi connectivity index (χ3v) is 3.57. The zero-order chi connectivity index (χ0) is 23.8. The third-order valence-electron chi connectivity index (χ3n) is 3.57. The molecule has 1 aromatic rings. The van der Waals surface area contributed by atoms with Crippen molar-refractivity contribution in [3.63, 3.8) is 0 Å². The molecular formula is C15H9F13O2. The molecule has 2 nitrogen and oxygen atoms in total. The van der Waals surface area contributed by atoms with Gasteiger partial charge in [-0.05, 0) is 12.1 Å². The molecule has 0 saturated carbocycles. The molecule has 0 bridgehead atoms. The minimum Gasteiger partial charge on any atom is -0.392 e. The van der Waals surface area contributed by atoms with Crippen molar-refractivity contribution >= 4 is 5.97 Å². The molecule has 0 aliphatic rings. The second-order valence-corrected chi connectivity index (χ2v) is 5.82. The van der Waals surface area contributed by atoms with Crippen molar-refractivity contribution in [3.05, 3.63) is 35.9 Å². The second-order valence-electron chi connectivity index (χ2n) is 5.82. The van der Waals surface area contributed by atoms with Gasteiger partial charge in [-0.3, -0.25) is 0 Å². The summed E-state index contributed by atoms with van der Waals surface area (Å²) >= 11 is 0. The van der Waals surface area contributed by atoms with E-state index in [1.165, 1.54) is 6.07 Å². The second kappa shape index (κ2) is 7.80. The van der Waals surface area contributed by atoms with Crippen LogP contribution in [-0.2, 0) is 4.74 Å². The fourth-order valence-electron chi connectivity index (χ4n) is 1.88. The van der Waals surface area contributed by atoms with E-state index in [2.05, 4.69) is 4.74 Å². The minimum atomic E-state index is -7.64. The molecule has 0 saturated heterocycles. The molecule has 0 fully saturated rings. The Morgan fingerprint density at radius 3 is 1.57 bits per heavy atom. The summed E-state index contributed by atoms with van der Waals surface area (Å²) in [7, 11) is 0. The highest BCUT2D eigenvalue weighted by Crippen LogP contribution is 2.58. The van der Waals surface area contributed by atoms with E-state index in [0.717, 1.165) is 12.1 Å². The third kappa shape index (κ3) is 4.74. The van der Waals surface area contributed by atoms with E-state index in [-0.39, 0.29) is 0 Å². The average molecular weight is 468 g/mol. The van der Waals surface area contributed by atoms with Crippen LogP contribution in [0.25, 0.3) is 0 Å². The number of hydrogen-bond acceptors (Lipinski definition) is 2. The lowest BCUT2D eigenvalue weighted by Gasteiger charge is -2.38. The monoisotopic (exact) mass is 468 g/mol. The average Bonchev–Trinajstić information content (AvgIpc) is 2.59. The largest absolute Gasteiger partial charge is 0.473 e. The van der Waals surface area contributed by atoms with Crippen molar-refractivity contribution < 1.29 is 66.6 Å². The summed E-state index contributed by atoms with van der Waals surface area (Å²) in [5.41, 5.74) is -0.918. The topological polar surface area (TPSA) is 26.3 Å². The lowest BCUT2D eigenvalue weighted by atomic mass is 9.95. The Labute approximate surface area is 158 Å². The summed E-state index contributed by atoms with van der Waals surface area (Å²) in [6, 6.07) is 4.51. The molecule has 0 heterocycles. The molecule has 0 N–H and O–H groups in total. The molecule has 1 rings (SSSR count). The van der Waals surface area contributed by atoms with Gasteiger partial charge in [0.15, 0.2) is 0 Å². The first-order valence-electron chi connectivity index (χ1n) is 7.44. The molecular weight excluding hydrogens is 459 g/mol. The van der Waals surface area contributed by atoms with Gasteiger partial charge < -0.3 is 4.74 Å². The zero-order valence-corrected chi connectivity index (χ0v) is 14.0. The van der Waals surface area contributed by atoms with E-state index in [1.807, 2.05) is 0 Å². The Morgan fingerprint density at radius 1 is 0.667 bits per heavy atom. The van der Waals surface area contributed by atoms with Gasteiger partial charge in [0, 0.05) is 12.8 Å². The van der Waals surface area contributed by atoms with Crippen LogP contribution >= 0.6 is 0 Å². The van der Waals surface area contributed by atoms with Crippen LogP contribution in [-0.4, -0.2) is 41.9 Å². The first-order chi connectivity index (χ1) is 13.2. The number of carbonyl (C=O) groups excluding carboxylic acids is 1. The van der Waals surface area contributed by atoms with Crippen LogP contribution in [0.4, 0.5) is 57.1 Å². The minimum absolute atomic E-state index is 0.675. The SMILES string of the molecule is O=C(OC(F)(F)C(F)(F)C(F)(F)C(F)(F)C(F)(F)CCC(F)(F)F)c1ccccc1. The van der Waals surface area contributed by atoms with Gasteiger partial charge in [-0.1, -0.05) is 18.2 Å². The summed E-state index contributed by atoms with van der Waals surface area (Å²) in [4.78, 5) is 11.4. The predicted molar refractivity (Wildman–Crippen MR) is 71.9 cm³/mol. The summed E-state index contributed by atoms with van der Waals surface area (Å²) in [6.07, 6.45) is -18.2. The van der Waals surface area contributed by atoms with Gasteiger partial charge in [0.2, 0.25) is 0 Å². The quantitative estimate of drug-likeness (QED) is 0.330. The maximum Gasteiger partial charge on any atom is 0.473 e. The fourth-order valence-corrected chi connectivity index (χ4v) is 1.88. The summed E-state index contributed by atoms with van der Waals surface area (Å²) < 4.78 is 173. The van der Waals surface area contributed by atoms with Crippen molar-refractivity contribution in [1.82, 2.24) is 0 Å². The standard InChI is InChI=1S/C15H9F13O2/c16-10(17,6-7-11(18,19)20)12(21,22)13(23,24)14(25,26)15(27,28)30-9(29)8-4-2-1-3-5-8/h1-5H,6-7H2. The highest BCUT2D eigenvalue weighted by Gasteiger charge is 2.87. The van der Waals surface area contributed by atoms with Crippen molar-refractivity contribution in [2.45, 2.75) is 48.8 Å². The molecule has 0 unspecified atom stereocenters. The van der Waals surface area contributed by atoms with Crippen LogP contribution in [0.5, 0.6) is 0 Å². The number of benzene rings is 1. The Kier molecular flexibility index (Phi) is 6.71. The van der Waals surface area contributed by atoms with E-state index in [4.69, 9.17) is 0 Å².